The van der Waals surface area contributed by atoms with Gasteiger partial charge in [-0.05, 0) is 95.3 Å². The monoisotopic (exact) mass is 496 g/mol. The van der Waals surface area contributed by atoms with E-state index in [-0.39, 0.29) is 23.4 Å². The summed E-state index contributed by atoms with van der Waals surface area (Å²) in [7, 11) is 0. The van der Waals surface area contributed by atoms with Gasteiger partial charge in [0.1, 0.15) is 0 Å². The number of carbonyl (C=O) groups excluding carboxylic acids is 1. The second-order valence-electron chi connectivity index (χ2n) is 13.1. The van der Waals surface area contributed by atoms with E-state index < -0.39 is 0 Å². The highest BCUT2D eigenvalue weighted by atomic mass is 35.5. The third-order valence-electron chi connectivity index (χ3n) is 9.49. The lowest BCUT2D eigenvalue weighted by Crippen LogP contribution is -2.53. The Bertz CT molecular complexity index is 550. The summed E-state index contributed by atoms with van der Waals surface area (Å²) in [6, 6.07) is 0. The first kappa shape index (κ1) is 29.9. The van der Waals surface area contributed by atoms with E-state index in [9.17, 15) is 4.79 Å². The van der Waals surface area contributed by atoms with Crippen LogP contribution in [0.4, 0.5) is 0 Å². The molecule has 4 aliphatic rings. The highest BCUT2D eigenvalue weighted by molar-refractivity contribution is 5.85. The van der Waals surface area contributed by atoms with Crippen LogP contribution in [0, 0.1) is 29.1 Å². The first-order chi connectivity index (χ1) is 15.8. The quantitative estimate of drug-likeness (QED) is 0.199. The van der Waals surface area contributed by atoms with Crippen molar-refractivity contribution in [1.82, 2.24) is 5.32 Å². The summed E-state index contributed by atoms with van der Waals surface area (Å²) < 4.78 is 0. The first-order valence-electron chi connectivity index (χ1n) is 14.9. The Balaban J connectivity index is 0.00000408. The molecule has 1 atom stereocenters. The predicted molar refractivity (Wildman–Crippen MR) is 148 cm³/mol. The van der Waals surface area contributed by atoms with E-state index in [0.717, 1.165) is 37.1 Å². The molecule has 0 aromatic carbocycles. The number of hydrogen-bond donors (Lipinski definition) is 2. The molecule has 4 bridgehead atoms. The van der Waals surface area contributed by atoms with Gasteiger partial charge in [-0.15, -0.1) is 12.4 Å². The van der Waals surface area contributed by atoms with Crippen LogP contribution in [0.3, 0.4) is 0 Å². The summed E-state index contributed by atoms with van der Waals surface area (Å²) in [6.07, 6.45) is 25.0. The van der Waals surface area contributed by atoms with Crippen molar-refractivity contribution in [2.45, 2.75) is 148 Å². The van der Waals surface area contributed by atoms with Crippen LogP contribution < -0.4 is 11.1 Å². The average Bonchev–Trinajstić information content (AvgIpc) is 2.74. The SMILES string of the molecule is CCCCCCCCCCCCC(CCCNC(=O)C12CC3CC(CC(C3)C1)C2)C(C)(C)N.Cl. The van der Waals surface area contributed by atoms with E-state index in [1.807, 2.05) is 0 Å². The van der Waals surface area contributed by atoms with Crippen molar-refractivity contribution in [2.75, 3.05) is 6.54 Å². The van der Waals surface area contributed by atoms with E-state index in [4.69, 9.17) is 5.73 Å². The molecule has 4 rings (SSSR count). The number of amides is 1. The fourth-order valence-corrected chi connectivity index (χ4v) is 7.89. The minimum atomic E-state index is -0.122. The van der Waals surface area contributed by atoms with Gasteiger partial charge in [0.25, 0.3) is 0 Å². The topological polar surface area (TPSA) is 55.1 Å². The second-order valence-corrected chi connectivity index (χ2v) is 13.1. The second kappa shape index (κ2) is 14.5. The van der Waals surface area contributed by atoms with Gasteiger partial charge in [-0.2, -0.15) is 0 Å². The molecule has 4 aliphatic carbocycles. The van der Waals surface area contributed by atoms with Crippen LogP contribution in [0.1, 0.15) is 143 Å². The lowest BCUT2D eigenvalue weighted by atomic mass is 9.49. The Kier molecular flexibility index (Phi) is 12.7. The van der Waals surface area contributed by atoms with Crippen LogP contribution >= 0.6 is 12.4 Å². The highest BCUT2D eigenvalue weighted by Crippen LogP contribution is 2.60. The summed E-state index contributed by atoms with van der Waals surface area (Å²) >= 11 is 0. The van der Waals surface area contributed by atoms with Gasteiger partial charge >= 0.3 is 0 Å². The molecule has 0 spiro atoms. The lowest BCUT2D eigenvalue weighted by Gasteiger charge is -2.55. The molecule has 200 valence electrons. The van der Waals surface area contributed by atoms with Crippen LogP contribution in [0.25, 0.3) is 0 Å². The number of halogens is 1. The summed E-state index contributed by atoms with van der Waals surface area (Å²) in [5.41, 5.74) is 6.43. The van der Waals surface area contributed by atoms with Crippen molar-refractivity contribution in [3.8, 4) is 0 Å². The molecule has 4 heteroatoms. The van der Waals surface area contributed by atoms with E-state index in [2.05, 4.69) is 26.1 Å². The Morgan fingerprint density at radius 2 is 1.26 bits per heavy atom. The molecule has 1 unspecified atom stereocenters. The van der Waals surface area contributed by atoms with Gasteiger partial charge in [-0.1, -0.05) is 71.1 Å². The fourth-order valence-electron chi connectivity index (χ4n) is 7.89. The Hall–Kier alpha value is -0.280. The fraction of sp³-hybridized carbons (Fsp3) is 0.967. The van der Waals surface area contributed by atoms with Crippen molar-refractivity contribution >= 4 is 18.3 Å². The van der Waals surface area contributed by atoms with E-state index >= 15 is 0 Å². The number of nitrogens with one attached hydrogen (secondary N) is 1. The Morgan fingerprint density at radius 3 is 1.74 bits per heavy atom. The van der Waals surface area contributed by atoms with Gasteiger partial charge in [0.15, 0.2) is 0 Å². The molecule has 0 saturated heterocycles. The summed E-state index contributed by atoms with van der Waals surface area (Å²) in [4.78, 5) is 13.2. The molecule has 34 heavy (non-hydrogen) atoms. The van der Waals surface area contributed by atoms with Gasteiger partial charge in [-0.25, -0.2) is 0 Å². The van der Waals surface area contributed by atoms with Crippen molar-refractivity contribution in [1.29, 1.82) is 0 Å². The molecule has 0 radical (unpaired) electrons. The molecule has 3 N–H and O–H groups in total. The lowest BCUT2D eigenvalue weighted by molar-refractivity contribution is -0.146. The van der Waals surface area contributed by atoms with Gasteiger partial charge in [0.2, 0.25) is 5.91 Å². The molecule has 0 aromatic rings. The zero-order valence-corrected chi connectivity index (χ0v) is 23.7. The molecule has 0 aromatic heterocycles. The Labute approximate surface area is 218 Å². The van der Waals surface area contributed by atoms with Gasteiger partial charge < -0.3 is 11.1 Å². The number of carbonyl (C=O) groups is 1. The first-order valence-corrected chi connectivity index (χ1v) is 14.9. The van der Waals surface area contributed by atoms with Crippen LogP contribution in [0.5, 0.6) is 0 Å². The summed E-state index contributed by atoms with van der Waals surface area (Å²) in [5, 5.41) is 3.38. The molecule has 4 fully saturated rings. The van der Waals surface area contributed by atoms with Gasteiger partial charge in [0, 0.05) is 17.5 Å². The highest BCUT2D eigenvalue weighted by Gasteiger charge is 2.54. The van der Waals surface area contributed by atoms with E-state index in [1.54, 1.807) is 0 Å². The van der Waals surface area contributed by atoms with Crippen molar-refractivity contribution < 1.29 is 4.79 Å². The molecule has 3 nitrogen and oxygen atoms in total. The van der Waals surface area contributed by atoms with Crippen LogP contribution in [-0.4, -0.2) is 18.0 Å². The standard InChI is InChI=1S/C30H56N2O.ClH/c1-4-5-6-7-8-9-10-11-12-13-15-27(29(2,3)31)16-14-17-32-28(33)30-21-24-18-25(22-30)20-26(19-24)23-30;/h24-27H,4-23,31H2,1-3H3,(H,32,33);1H. The predicted octanol–water partition coefficient (Wildman–Crippen LogP) is 8.19. The van der Waals surface area contributed by atoms with Gasteiger partial charge in [-0.3, -0.25) is 4.79 Å². The number of hydrogen-bond acceptors (Lipinski definition) is 2. The third-order valence-corrected chi connectivity index (χ3v) is 9.49. The van der Waals surface area contributed by atoms with Crippen molar-refractivity contribution in [2.24, 2.45) is 34.8 Å². The zero-order chi connectivity index (χ0) is 23.7. The molecular weight excluding hydrogens is 440 g/mol. The maximum Gasteiger partial charge on any atom is 0.226 e. The summed E-state index contributed by atoms with van der Waals surface area (Å²) in [6.45, 7) is 7.52. The normalized spacial score (nSPS) is 28.5. The molecular formula is C30H57ClN2O. The van der Waals surface area contributed by atoms with Crippen molar-refractivity contribution in [3.63, 3.8) is 0 Å². The molecule has 4 saturated carbocycles. The minimum Gasteiger partial charge on any atom is -0.356 e. The van der Waals surface area contributed by atoms with Crippen LogP contribution in [0.15, 0.2) is 0 Å². The Morgan fingerprint density at radius 1 is 0.824 bits per heavy atom. The molecule has 0 heterocycles. The zero-order valence-electron chi connectivity index (χ0n) is 22.8. The minimum absolute atomic E-state index is 0. The number of unbranched alkanes of at least 4 members (excludes halogenated alkanes) is 9. The van der Waals surface area contributed by atoms with E-state index in [1.165, 1.54) is 109 Å². The third kappa shape index (κ3) is 8.99. The molecule has 0 aliphatic heterocycles. The smallest absolute Gasteiger partial charge is 0.226 e. The molecule has 1 amide bonds. The van der Waals surface area contributed by atoms with Crippen LogP contribution in [-0.2, 0) is 4.79 Å². The average molecular weight is 497 g/mol. The summed E-state index contributed by atoms with van der Waals surface area (Å²) in [5.74, 6) is 3.46. The van der Waals surface area contributed by atoms with E-state index in [0.29, 0.717) is 11.8 Å². The largest absolute Gasteiger partial charge is 0.356 e. The number of rotatable bonds is 17. The van der Waals surface area contributed by atoms with Gasteiger partial charge in [0.05, 0.1) is 0 Å². The van der Waals surface area contributed by atoms with Crippen LogP contribution in [0.2, 0.25) is 0 Å². The maximum atomic E-state index is 13.2. The maximum absolute atomic E-state index is 13.2. The number of nitrogens with two attached hydrogens (primary N) is 1. The van der Waals surface area contributed by atoms with Crippen molar-refractivity contribution in [3.05, 3.63) is 0 Å².